The first-order valence-corrected chi connectivity index (χ1v) is 5.64. The van der Waals surface area contributed by atoms with Gasteiger partial charge >= 0.3 is 6.09 Å². The fourth-order valence-electron chi connectivity index (χ4n) is 1.44. The summed E-state index contributed by atoms with van der Waals surface area (Å²) in [5, 5.41) is 16.1. The SMILES string of the molecule is CCOC(=O)N1CCN(/[N+]([O-])=N\OCOC)CC1. The summed E-state index contributed by atoms with van der Waals surface area (Å²) in [6.45, 7) is 3.59. The maximum Gasteiger partial charge on any atom is 0.409 e. The van der Waals surface area contributed by atoms with Gasteiger partial charge in [-0.15, -0.1) is 5.01 Å². The second kappa shape index (κ2) is 7.54. The minimum atomic E-state index is -0.359. The number of hydrazine groups is 1. The number of carbonyl (C=O) groups excluding carboxylic acids is 1. The van der Waals surface area contributed by atoms with Crippen LogP contribution in [0.3, 0.4) is 0 Å². The van der Waals surface area contributed by atoms with E-state index in [1.807, 2.05) is 0 Å². The van der Waals surface area contributed by atoms with Crippen molar-refractivity contribution >= 4 is 6.09 Å². The molecule has 0 saturated carbocycles. The Kier molecular flexibility index (Phi) is 5.98. The minimum Gasteiger partial charge on any atom is -0.569 e. The highest BCUT2D eigenvalue weighted by molar-refractivity contribution is 5.67. The molecule has 1 amide bonds. The molecule has 1 aliphatic rings. The third-order valence-electron chi connectivity index (χ3n) is 2.32. The van der Waals surface area contributed by atoms with Crippen LogP contribution in [0.4, 0.5) is 4.79 Å². The predicted octanol–water partition coefficient (Wildman–Crippen LogP) is 0.174. The zero-order valence-corrected chi connectivity index (χ0v) is 10.6. The largest absolute Gasteiger partial charge is 0.569 e. The molecule has 0 spiro atoms. The first kappa shape index (κ1) is 14.3. The summed E-state index contributed by atoms with van der Waals surface area (Å²) in [4.78, 5) is 17.9. The van der Waals surface area contributed by atoms with E-state index in [-0.39, 0.29) is 12.9 Å². The Morgan fingerprint density at radius 3 is 2.61 bits per heavy atom. The van der Waals surface area contributed by atoms with E-state index in [2.05, 4.69) is 14.9 Å². The van der Waals surface area contributed by atoms with Crippen LogP contribution >= 0.6 is 0 Å². The van der Waals surface area contributed by atoms with Gasteiger partial charge in [0.05, 0.1) is 24.7 Å². The van der Waals surface area contributed by atoms with Crippen molar-refractivity contribution in [3.63, 3.8) is 0 Å². The molecule has 9 nitrogen and oxygen atoms in total. The molecule has 1 rings (SSSR count). The smallest absolute Gasteiger partial charge is 0.409 e. The van der Waals surface area contributed by atoms with Crippen LogP contribution in [0.25, 0.3) is 0 Å². The fourth-order valence-corrected chi connectivity index (χ4v) is 1.44. The number of amides is 1. The van der Waals surface area contributed by atoms with E-state index in [9.17, 15) is 10.0 Å². The zero-order valence-electron chi connectivity index (χ0n) is 10.6. The Labute approximate surface area is 105 Å². The molecule has 0 atom stereocenters. The van der Waals surface area contributed by atoms with Crippen molar-refractivity contribution in [1.82, 2.24) is 9.91 Å². The molecule has 1 fully saturated rings. The number of hydrogen-bond donors (Lipinski definition) is 0. The lowest BCUT2D eigenvalue weighted by molar-refractivity contribution is -0.713. The van der Waals surface area contributed by atoms with Crippen LogP contribution < -0.4 is 0 Å². The van der Waals surface area contributed by atoms with Crippen LogP contribution in [-0.2, 0) is 14.3 Å². The molecule has 0 aliphatic carbocycles. The molecule has 0 N–H and O–H groups in total. The summed E-state index contributed by atoms with van der Waals surface area (Å²) in [7, 11) is 1.43. The van der Waals surface area contributed by atoms with Crippen molar-refractivity contribution in [2.75, 3.05) is 46.7 Å². The Morgan fingerprint density at radius 1 is 1.39 bits per heavy atom. The Hall–Kier alpha value is -1.77. The molecular formula is C9H18N4O5. The van der Waals surface area contributed by atoms with E-state index in [0.29, 0.717) is 37.8 Å². The van der Waals surface area contributed by atoms with E-state index >= 15 is 0 Å². The molecule has 1 aliphatic heterocycles. The van der Waals surface area contributed by atoms with Crippen molar-refractivity contribution in [3.05, 3.63) is 5.21 Å². The molecular weight excluding hydrogens is 244 g/mol. The van der Waals surface area contributed by atoms with Gasteiger partial charge < -0.3 is 24.4 Å². The van der Waals surface area contributed by atoms with Crippen molar-refractivity contribution in [2.45, 2.75) is 6.92 Å². The molecule has 0 bridgehead atoms. The van der Waals surface area contributed by atoms with Crippen molar-refractivity contribution in [1.29, 1.82) is 0 Å². The first-order chi connectivity index (χ1) is 8.69. The van der Waals surface area contributed by atoms with Crippen molar-refractivity contribution in [2.24, 2.45) is 5.28 Å². The molecule has 9 heteroatoms. The maximum absolute atomic E-state index is 11.4. The van der Waals surface area contributed by atoms with Gasteiger partial charge in [0.15, 0.2) is 0 Å². The third kappa shape index (κ3) is 4.24. The van der Waals surface area contributed by atoms with E-state index in [4.69, 9.17) is 4.74 Å². The lowest BCUT2D eigenvalue weighted by atomic mass is 10.4. The molecule has 1 heterocycles. The normalized spacial score (nSPS) is 16.7. The summed E-state index contributed by atoms with van der Waals surface area (Å²) in [5.74, 6) is 0. The Morgan fingerprint density at radius 2 is 2.06 bits per heavy atom. The van der Waals surface area contributed by atoms with Crippen LogP contribution in [0.5, 0.6) is 0 Å². The number of hydrogen-bond acceptors (Lipinski definition) is 6. The van der Waals surface area contributed by atoms with E-state index in [1.54, 1.807) is 11.8 Å². The zero-order chi connectivity index (χ0) is 13.4. The lowest BCUT2D eigenvalue weighted by Gasteiger charge is -2.30. The number of ether oxygens (including phenoxy) is 2. The molecule has 18 heavy (non-hydrogen) atoms. The maximum atomic E-state index is 11.4. The molecule has 104 valence electrons. The highest BCUT2D eigenvalue weighted by atomic mass is 16.8. The van der Waals surface area contributed by atoms with E-state index < -0.39 is 0 Å². The molecule has 0 aromatic carbocycles. The second-order valence-electron chi connectivity index (χ2n) is 3.51. The minimum absolute atomic E-state index is 0.0818. The average Bonchev–Trinajstić information content (AvgIpc) is 2.39. The van der Waals surface area contributed by atoms with Gasteiger partial charge in [0, 0.05) is 20.2 Å². The van der Waals surface area contributed by atoms with Crippen LogP contribution in [0.2, 0.25) is 0 Å². The number of carbonyl (C=O) groups is 1. The van der Waals surface area contributed by atoms with Gasteiger partial charge in [0.1, 0.15) is 0 Å². The second-order valence-corrected chi connectivity index (χ2v) is 3.51. The van der Waals surface area contributed by atoms with Crippen LogP contribution in [-0.4, -0.2) is 67.7 Å². The monoisotopic (exact) mass is 262 g/mol. The van der Waals surface area contributed by atoms with Gasteiger partial charge in [-0.25, -0.2) is 4.79 Å². The number of methoxy groups -OCH3 is 1. The summed E-state index contributed by atoms with van der Waals surface area (Å²) >= 11 is 0. The van der Waals surface area contributed by atoms with Gasteiger partial charge in [0.2, 0.25) is 12.1 Å². The number of rotatable bonds is 5. The average molecular weight is 262 g/mol. The van der Waals surface area contributed by atoms with Crippen LogP contribution in [0.1, 0.15) is 6.92 Å². The molecule has 0 aromatic rings. The first-order valence-electron chi connectivity index (χ1n) is 5.64. The Bertz CT molecular complexity index is 291. The summed E-state index contributed by atoms with van der Waals surface area (Å²) in [6, 6.07) is 0. The molecule has 0 aromatic heterocycles. The van der Waals surface area contributed by atoms with Gasteiger partial charge in [-0.1, -0.05) is 0 Å². The Balaban J connectivity index is 2.34. The van der Waals surface area contributed by atoms with Gasteiger partial charge in [-0.3, -0.25) is 0 Å². The number of piperazine rings is 1. The van der Waals surface area contributed by atoms with Gasteiger partial charge in [0.25, 0.3) is 0 Å². The fraction of sp³-hybridized carbons (Fsp3) is 0.889. The van der Waals surface area contributed by atoms with Crippen molar-refractivity contribution < 1.29 is 24.1 Å². The van der Waals surface area contributed by atoms with Gasteiger partial charge in [-0.2, -0.15) is 0 Å². The third-order valence-corrected chi connectivity index (χ3v) is 2.32. The van der Waals surface area contributed by atoms with Crippen LogP contribution in [0, 0.1) is 5.21 Å². The quantitative estimate of drug-likeness (QED) is 0.231. The van der Waals surface area contributed by atoms with Crippen LogP contribution in [0.15, 0.2) is 5.28 Å². The van der Waals surface area contributed by atoms with E-state index in [1.165, 1.54) is 12.1 Å². The van der Waals surface area contributed by atoms with Crippen molar-refractivity contribution in [3.8, 4) is 0 Å². The van der Waals surface area contributed by atoms with Gasteiger partial charge in [-0.05, 0) is 6.92 Å². The summed E-state index contributed by atoms with van der Waals surface area (Å²) in [5.41, 5.74) is 0. The standard InChI is InChI=1S/C9H18N4O5/c1-3-17-9(14)11-4-6-12(7-5-11)13(15)10-18-8-16-2/h3-8H2,1-2H3/b13-10+. The predicted molar refractivity (Wildman–Crippen MR) is 59.2 cm³/mol. The molecule has 1 saturated heterocycles. The summed E-state index contributed by atoms with van der Waals surface area (Å²) in [6.07, 6.45) is -0.359. The summed E-state index contributed by atoms with van der Waals surface area (Å²) < 4.78 is 9.45. The molecule has 0 unspecified atom stereocenters. The lowest BCUT2D eigenvalue weighted by Crippen LogP contribution is -2.50. The number of nitrogens with zero attached hydrogens (tertiary/aromatic N) is 4. The highest BCUT2D eigenvalue weighted by Gasteiger charge is 2.26. The molecule has 0 radical (unpaired) electrons. The topological polar surface area (TPSA) is 89.7 Å². The van der Waals surface area contributed by atoms with E-state index in [0.717, 1.165) is 0 Å². The highest BCUT2D eigenvalue weighted by Crippen LogP contribution is 2.04.